The molecular weight excluding hydrogens is 258 g/mol. The first kappa shape index (κ1) is 13.5. The molecule has 1 heterocycles. The van der Waals surface area contributed by atoms with E-state index in [4.69, 9.17) is 5.73 Å². The number of pyridine rings is 1. The van der Waals surface area contributed by atoms with E-state index in [1.165, 1.54) is 18.3 Å². The topological polar surface area (TPSA) is 105 Å². The third kappa shape index (κ3) is 3.11. The Kier molecular flexibility index (Phi) is 3.95. The molecule has 1 atom stereocenters. The number of carboxylic acids is 1. The number of carbonyl (C=O) groups is 2. The summed E-state index contributed by atoms with van der Waals surface area (Å²) in [6.07, 6.45) is 1.34. The van der Waals surface area contributed by atoms with Crippen molar-refractivity contribution in [3.63, 3.8) is 0 Å². The number of nitrogen functional groups attached to an aromatic ring is 1. The molecule has 0 aliphatic heterocycles. The standard InChI is InChI=1S/C14H13N3O3/c15-10-6-7-11(16-8-10)13(18)17-12(14(19)20)9-4-2-1-3-5-9/h1-8,12H,15H2,(H,17,18)(H,19,20)/t12-/m1/s1. The molecule has 2 rings (SSSR count). The first-order valence-electron chi connectivity index (χ1n) is 5.88. The number of benzene rings is 1. The Labute approximate surface area is 115 Å². The van der Waals surface area contributed by atoms with Crippen LogP contribution in [0, 0.1) is 0 Å². The summed E-state index contributed by atoms with van der Waals surface area (Å²) in [4.78, 5) is 27.1. The lowest BCUT2D eigenvalue weighted by molar-refractivity contribution is -0.139. The molecule has 0 aliphatic carbocycles. The molecule has 0 unspecified atom stereocenters. The molecule has 20 heavy (non-hydrogen) atoms. The van der Waals surface area contributed by atoms with Crippen molar-refractivity contribution >= 4 is 17.6 Å². The van der Waals surface area contributed by atoms with Gasteiger partial charge in [0.1, 0.15) is 5.69 Å². The summed E-state index contributed by atoms with van der Waals surface area (Å²) in [5.41, 5.74) is 6.51. The van der Waals surface area contributed by atoms with Crippen molar-refractivity contribution in [2.75, 3.05) is 5.73 Å². The number of carboxylic acid groups (broad SMARTS) is 1. The average molecular weight is 271 g/mol. The van der Waals surface area contributed by atoms with Crippen LogP contribution in [0.1, 0.15) is 22.1 Å². The van der Waals surface area contributed by atoms with Gasteiger partial charge >= 0.3 is 5.97 Å². The van der Waals surface area contributed by atoms with Gasteiger partial charge < -0.3 is 16.2 Å². The lowest BCUT2D eigenvalue weighted by atomic mass is 10.1. The number of hydrogen-bond donors (Lipinski definition) is 3. The van der Waals surface area contributed by atoms with Crippen LogP contribution in [0.15, 0.2) is 48.7 Å². The fourth-order valence-electron chi connectivity index (χ4n) is 1.68. The molecule has 0 radical (unpaired) electrons. The number of rotatable bonds is 4. The van der Waals surface area contributed by atoms with Crippen LogP contribution in [0.25, 0.3) is 0 Å². The fraction of sp³-hybridized carbons (Fsp3) is 0.0714. The molecule has 1 aromatic carbocycles. The monoisotopic (exact) mass is 271 g/mol. The molecule has 0 fully saturated rings. The number of aliphatic carboxylic acids is 1. The van der Waals surface area contributed by atoms with Crippen LogP contribution >= 0.6 is 0 Å². The molecule has 1 amide bonds. The summed E-state index contributed by atoms with van der Waals surface area (Å²) in [6.45, 7) is 0. The second kappa shape index (κ2) is 5.83. The quantitative estimate of drug-likeness (QED) is 0.775. The van der Waals surface area contributed by atoms with Crippen LogP contribution in [-0.2, 0) is 4.79 Å². The molecule has 0 spiro atoms. The van der Waals surface area contributed by atoms with Crippen molar-refractivity contribution in [3.8, 4) is 0 Å². The Bertz CT molecular complexity index is 611. The highest BCUT2D eigenvalue weighted by Gasteiger charge is 2.22. The molecule has 0 saturated carbocycles. The molecule has 6 nitrogen and oxygen atoms in total. The molecule has 1 aromatic heterocycles. The molecule has 0 saturated heterocycles. The van der Waals surface area contributed by atoms with E-state index in [9.17, 15) is 14.7 Å². The third-order valence-corrected chi connectivity index (χ3v) is 2.67. The summed E-state index contributed by atoms with van der Waals surface area (Å²) >= 11 is 0. The van der Waals surface area contributed by atoms with Gasteiger partial charge in [0.25, 0.3) is 5.91 Å². The van der Waals surface area contributed by atoms with Crippen molar-refractivity contribution in [1.29, 1.82) is 0 Å². The van der Waals surface area contributed by atoms with E-state index in [0.29, 0.717) is 11.3 Å². The fourth-order valence-corrected chi connectivity index (χ4v) is 1.68. The van der Waals surface area contributed by atoms with Gasteiger partial charge in [-0.1, -0.05) is 30.3 Å². The second-order valence-corrected chi connectivity index (χ2v) is 4.13. The maximum atomic E-state index is 12.0. The Morgan fingerprint density at radius 1 is 1.15 bits per heavy atom. The van der Waals surface area contributed by atoms with Crippen molar-refractivity contribution in [2.24, 2.45) is 0 Å². The zero-order valence-corrected chi connectivity index (χ0v) is 10.5. The Morgan fingerprint density at radius 3 is 2.40 bits per heavy atom. The van der Waals surface area contributed by atoms with Crippen LogP contribution in [0.3, 0.4) is 0 Å². The van der Waals surface area contributed by atoms with Gasteiger partial charge in [-0.25, -0.2) is 9.78 Å². The highest BCUT2D eigenvalue weighted by Crippen LogP contribution is 2.13. The first-order chi connectivity index (χ1) is 9.58. The second-order valence-electron chi connectivity index (χ2n) is 4.13. The van der Waals surface area contributed by atoms with Crippen LogP contribution in [0.2, 0.25) is 0 Å². The van der Waals surface area contributed by atoms with Crippen molar-refractivity contribution < 1.29 is 14.7 Å². The largest absolute Gasteiger partial charge is 0.479 e. The van der Waals surface area contributed by atoms with Gasteiger partial charge in [0.15, 0.2) is 6.04 Å². The van der Waals surface area contributed by atoms with Crippen LogP contribution < -0.4 is 11.1 Å². The number of carbonyl (C=O) groups excluding carboxylic acids is 1. The van der Waals surface area contributed by atoms with E-state index in [1.807, 2.05) is 0 Å². The van der Waals surface area contributed by atoms with Gasteiger partial charge in [-0.05, 0) is 17.7 Å². The zero-order chi connectivity index (χ0) is 14.5. The SMILES string of the molecule is Nc1ccc(C(=O)N[C@@H](C(=O)O)c2ccccc2)nc1. The maximum Gasteiger partial charge on any atom is 0.330 e. The van der Waals surface area contributed by atoms with E-state index < -0.39 is 17.9 Å². The summed E-state index contributed by atoms with van der Waals surface area (Å²) in [7, 11) is 0. The van der Waals surface area contributed by atoms with Gasteiger partial charge in [0.2, 0.25) is 0 Å². The van der Waals surface area contributed by atoms with Gasteiger partial charge in [-0.15, -0.1) is 0 Å². The van der Waals surface area contributed by atoms with Gasteiger partial charge in [-0.2, -0.15) is 0 Å². The summed E-state index contributed by atoms with van der Waals surface area (Å²) in [5.74, 6) is -1.71. The molecule has 102 valence electrons. The molecular formula is C14H13N3O3. The summed E-state index contributed by atoms with van der Waals surface area (Å²) in [5, 5.41) is 11.6. The lowest BCUT2D eigenvalue weighted by Gasteiger charge is -2.14. The Hall–Kier alpha value is -2.89. The predicted octanol–water partition coefficient (Wildman–Crippen LogP) is 1.22. The Morgan fingerprint density at radius 2 is 1.85 bits per heavy atom. The van der Waals surface area contributed by atoms with Crippen molar-refractivity contribution in [1.82, 2.24) is 10.3 Å². The van der Waals surface area contributed by atoms with E-state index in [-0.39, 0.29) is 5.69 Å². The minimum Gasteiger partial charge on any atom is -0.479 e. The number of nitrogens with one attached hydrogen (secondary N) is 1. The molecule has 2 aromatic rings. The summed E-state index contributed by atoms with van der Waals surface area (Å²) < 4.78 is 0. The number of nitrogens with two attached hydrogens (primary N) is 1. The number of amides is 1. The van der Waals surface area contributed by atoms with E-state index in [1.54, 1.807) is 30.3 Å². The minimum absolute atomic E-state index is 0.112. The van der Waals surface area contributed by atoms with Crippen molar-refractivity contribution in [3.05, 3.63) is 59.9 Å². The van der Waals surface area contributed by atoms with Crippen LogP contribution in [-0.4, -0.2) is 22.0 Å². The smallest absolute Gasteiger partial charge is 0.330 e. The van der Waals surface area contributed by atoms with Gasteiger partial charge in [-0.3, -0.25) is 4.79 Å². The number of aromatic nitrogens is 1. The van der Waals surface area contributed by atoms with E-state index in [0.717, 1.165) is 0 Å². The van der Waals surface area contributed by atoms with Gasteiger partial charge in [0.05, 0.1) is 11.9 Å². The minimum atomic E-state index is -1.14. The van der Waals surface area contributed by atoms with Gasteiger partial charge in [0, 0.05) is 0 Å². The van der Waals surface area contributed by atoms with E-state index in [2.05, 4.69) is 10.3 Å². The number of hydrogen-bond acceptors (Lipinski definition) is 4. The maximum absolute atomic E-state index is 12.0. The highest BCUT2D eigenvalue weighted by atomic mass is 16.4. The zero-order valence-electron chi connectivity index (χ0n) is 10.5. The Balaban J connectivity index is 2.19. The number of anilines is 1. The molecule has 0 bridgehead atoms. The molecule has 0 aliphatic rings. The lowest BCUT2D eigenvalue weighted by Crippen LogP contribution is -2.34. The molecule has 6 heteroatoms. The normalized spacial score (nSPS) is 11.6. The molecule has 4 N–H and O–H groups in total. The third-order valence-electron chi connectivity index (χ3n) is 2.67. The summed E-state index contributed by atoms with van der Waals surface area (Å²) in [6, 6.07) is 10.3. The highest BCUT2D eigenvalue weighted by molar-refractivity contribution is 5.95. The van der Waals surface area contributed by atoms with Crippen molar-refractivity contribution in [2.45, 2.75) is 6.04 Å². The average Bonchev–Trinajstić information content (AvgIpc) is 2.46. The predicted molar refractivity (Wildman–Crippen MR) is 72.9 cm³/mol. The van der Waals surface area contributed by atoms with E-state index >= 15 is 0 Å². The van der Waals surface area contributed by atoms with Crippen LogP contribution in [0.5, 0.6) is 0 Å². The first-order valence-corrected chi connectivity index (χ1v) is 5.88. The number of nitrogens with zero attached hydrogens (tertiary/aromatic N) is 1. The van der Waals surface area contributed by atoms with Crippen LogP contribution in [0.4, 0.5) is 5.69 Å².